The molecule has 0 spiro atoms. The summed E-state index contributed by atoms with van der Waals surface area (Å²) < 4.78 is 0. The minimum Gasteiger partial charge on any atom is -0.282 e. The van der Waals surface area contributed by atoms with E-state index < -0.39 is 0 Å². The molecule has 0 bridgehead atoms. The lowest BCUT2D eigenvalue weighted by Gasteiger charge is -1.98. The van der Waals surface area contributed by atoms with Crippen LogP contribution in [0.25, 0.3) is 6.08 Å². The first-order valence-electron chi connectivity index (χ1n) is 4.26. The van der Waals surface area contributed by atoms with Crippen LogP contribution in [0.2, 0.25) is 0 Å². The van der Waals surface area contributed by atoms with Crippen molar-refractivity contribution in [3.63, 3.8) is 0 Å². The number of hydrogen-bond acceptors (Lipinski definition) is 3. The Morgan fingerprint density at radius 1 is 1.27 bits per heavy atom. The first-order valence-corrected chi connectivity index (χ1v) is 5.08. The Morgan fingerprint density at radius 3 is 2.60 bits per heavy atom. The summed E-state index contributed by atoms with van der Waals surface area (Å²) >= 11 is 0.883. The summed E-state index contributed by atoms with van der Waals surface area (Å²) in [4.78, 5) is 22.5. The largest absolute Gasteiger partial charge is 0.290 e. The molecule has 0 atom stereocenters. The Bertz CT molecular complexity index is 465. The molecule has 3 nitrogen and oxygen atoms in total. The molecule has 2 rings (SSSR count). The minimum absolute atomic E-state index is 0.347. The van der Waals surface area contributed by atoms with Crippen LogP contribution < -0.4 is 5.32 Å². The Kier molecular flexibility index (Phi) is 2.60. The molecule has 74 valence electrons. The highest BCUT2D eigenvalue weighted by atomic mass is 32.2. The maximum Gasteiger partial charge on any atom is 0.290 e. The fraction of sp³-hybridized carbons (Fsp3) is 0. The molecule has 2 amide bonds. The lowest BCUT2D eigenvalue weighted by Crippen LogP contribution is -2.17. The minimum atomic E-state index is -0.367. The van der Waals surface area contributed by atoms with Crippen LogP contribution in [-0.4, -0.2) is 11.1 Å². The zero-order valence-corrected chi connectivity index (χ0v) is 8.51. The maximum atomic E-state index is 11.2. The third kappa shape index (κ3) is 2.10. The SMILES string of the molecule is [CH]c1ccccc1/C=C1/SC(=O)NC1=O. The van der Waals surface area contributed by atoms with Crippen molar-refractivity contribution in [2.75, 3.05) is 0 Å². The molecule has 1 saturated heterocycles. The third-order valence-corrected chi connectivity index (χ3v) is 2.74. The second-order valence-electron chi connectivity index (χ2n) is 2.98. The molecule has 1 aromatic rings. The summed E-state index contributed by atoms with van der Waals surface area (Å²) in [5.41, 5.74) is 1.32. The zero-order valence-electron chi connectivity index (χ0n) is 7.69. The molecule has 0 saturated carbocycles. The highest BCUT2D eigenvalue weighted by Gasteiger charge is 2.24. The number of amides is 2. The molecule has 0 aliphatic carbocycles. The molecular weight excluding hydrogens is 210 g/mol. The van der Waals surface area contributed by atoms with Crippen LogP contribution in [0.4, 0.5) is 4.79 Å². The van der Waals surface area contributed by atoms with Gasteiger partial charge in [0.15, 0.2) is 0 Å². The smallest absolute Gasteiger partial charge is 0.282 e. The second-order valence-corrected chi connectivity index (χ2v) is 4.00. The van der Waals surface area contributed by atoms with Gasteiger partial charge in [0.2, 0.25) is 0 Å². The van der Waals surface area contributed by atoms with E-state index in [1.165, 1.54) is 0 Å². The van der Waals surface area contributed by atoms with Crippen molar-refractivity contribution < 1.29 is 9.59 Å². The molecule has 4 heteroatoms. The van der Waals surface area contributed by atoms with E-state index in [2.05, 4.69) is 5.32 Å². The third-order valence-electron chi connectivity index (χ3n) is 1.92. The van der Waals surface area contributed by atoms with Gasteiger partial charge < -0.3 is 0 Å². The summed E-state index contributed by atoms with van der Waals surface area (Å²) in [6, 6.07) is 7.16. The van der Waals surface area contributed by atoms with Gasteiger partial charge >= 0.3 is 0 Å². The average molecular weight is 217 g/mol. The Balaban J connectivity index is 2.35. The van der Waals surface area contributed by atoms with Gasteiger partial charge in [-0.1, -0.05) is 24.3 Å². The van der Waals surface area contributed by atoms with E-state index >= 15 is 0 Å². The van der Waals surface area contributed by atoms with Gasteiger partial charge in [-0.3, -0.25) is 14.9 Å². The number of hydrogen-bond donors (Lipinski definition) is 1. The first-order chi connectivity index (χ1) is 7.16. The van der Waals surface area contributed by atoms with Crippen LogP contribution in [0.3, 0.4) is 0 Å². The quantitative estimate of drug-likeness (QED) is 0.732. The second kappa shape index (κ2) is 3.90. The molecule has 1 heterocycles. The van der Waals surface area contributed by atoms with Crippen molar-refractivity contribution >= 4 is 29.0 Å². The van der Waals surface area contributed by atoms with Crippen LogP contribution in [0.15, 0.2) is 29.2 Å². The highest BCUT2D eigenvalue weighted by Crippen LogP contribution is 2.26. The number of carbonyl (C=O) groups is 2. The molecule has 0 unspecified atom stereocenters. The number of benzene rings is 1. The summed E-state index contributed by atoms with van der Waals surface area (Å²) in [5, 5.41) is 1.84. The predicted octanol–water partition coefficient (Wildman–Crippen LogP) is 2.07. The highest BCUT2D eigenvalue weighted by molar-refractivity contribution is 8.18. The van der Waals surface area contributed by atoms with Crippen molar-refractivity contribution in [3.05, 3.63) is 47.2 Å². The lowest BCUT2D eigenvalue weighted by molar-refractivity contribution is -0.115. The van der Waals surface area contributed by atoms with Gasteiger partial charge in [-0.25, -0.2) is 0 Å². The predicted molar refractivity (Wildman–Crippen MR) is 59.0 cm³/mol. The van der Waals surface area contributed by atoms with E-state index in [4.69, 9.17) is 6.92 Å². The zero-order chi connectivity index (χ0) is 10.8. The Labute approximate surface area is 91.6 Å². The molecule has 1 aliphatic rings. The Hall–Kier alpha value is -1.55. The van der Waals surface area contributed by atoms with Crippen LogP contribution in [0, 0.1) is 6.92 Å². The average Bonchev–Trinajstić information content (AvgIpc) is 2.49. The van der Waals surface area contributed by atoms with Crippen molar-refractivity contribution in [1.82, 2.24) is 5.32 Å². The van der Waals surface area contributed by atoms with Gasteiger partial charge in [0.05, 0.1) is 4.91 Å². The van der Waals surface area contributed by atoms with Gasteiger partial charge in [-0.05, 0) is 35.9 Å². The van der Waals surface area contributed by atoms with Gasteiger partial charge in [0.1, 0.15) is 0 Å². The Morgan fingerprint density at radius 2 is 2.00 bits per heavy atom. The fourth-order valence-corrected chi connectivity index (χ4v) is 1.88. The van der Waals surface area contributed by atoms with Gasteiger partial charge in [-0.15, -0.1) is 0 Å². The summed E-state index contributed by atoms with van der Waals surface area (Å²) in [5.74, 6) is -0.367. The van der Waals surface area contributed by atoms with Gasteiger partial charge in [-0.2, -0.15) is 0 Å². The monoisotopic (exact) mass is 217 g/mol. The number of imide groups is 1. The van der Waals surface area contributed by atoms with Crippen molar-refractivity contribution in [2.45, 2.75) is 0 Å². The van der Waals surface area contributed by atoms with E-state index in [0.29, 0.717) is 10.5 Å². The maximum absolute atomic E-state index is 11.2. The van der Waals surface area contributed by atoms with E-state index in [1.54, 1.807) is 18.2 Å². The molecule has 1 N–H and O–H groups in total. The molecule has 2 radical (unpaired) electrons. The summed E-state index contributed by atoms with van der Waals surface area (Å²) in [6.45, 7) is 5.71. The number of rotatable bonds is 1. The molecular formula is C11H7NO2S. The van der Waals surface area contributed by atoms with E-state index in [-0.39, 0.29) is 11.1 Å². The van der Waals surface area contributed by atoms with Crippen LogP contribution in [-0.2, 0) is 4.79 Å². The van der Waals surface area contributed by atoms with Gasteiger partial charge in [0, 0.05) is 0 Å². The number of nitrogens with one attached hydrogen (secondary N) is 1. The molecule has 1 aromatic carbocycles. The number of carbonyl (C=O) groups excluding carboxylic acids is 2. The van der Waals surface area contributed by atoms with Crippen molar-refractivity contribution in [3.8, 4) is 0 Å². The summed E-state index contributed by atoms with van der Waals surface area (Å²) in [7, 11) is 0. The van der Waals surface area contributed by atoms with E-state index in [9.17, 15) is 9.59 Å². The van der Waals surface area contributed by atoms with E-state index in [0.717, 1.165) is 17.3 Å². The van der Waals surface area contributed by atoms with Gasteiger partial charge in [0.25, 0.3) is 11.1 Å². The fourth-order valence-electron chi connectivity index (χ4n) is 1.20. The summed E-state index contributed by atoms with van der Waals surface area (Å²) in [6.07, 6.45) is 1.61. The molecule has 1 fully saturated rings. The normalized spacial score (nSPS) is 18.3. The van der Waals surface area contributed by atoms with Crippen LogP contribution in [0.1, 0.15) is 11.1 Å². The molecule has 15 heavy (non-hydrogen) atoms. The van der Waals surface area contributed by atoms with Crippen LogP contribution >= 0.6 is 11.8 Å². The van der Waals surface area contributed by atoms with E-state index in [1.807, 2.05) is 12.1 Å². The number of thioether (sulfide) groups is 1. The topological polar surface area (TPSA) is 46.2 Å². The molecule has 1 aliphatic heterocycles. The first kappa shape index (κ1) is 9.98. The lowest BCUT2D eigenvalue weighted by atomic mass is 10.1. The van der Waals surface area contributed by atoms with Crippen molar-refractivity contribution in [2.24, 2.45) is 0 Å². The van der Waals surface area contributed by atoms with Crippen LogP contribution in [0.5, 0.6) is 0 Å². The van der Waals surface area contributed by atoms with Crippen molar-refractivity contribution in [1.29, 1.82) is 0 Å². The molecule has 0 aromatic heterocycles. The standard InChI is InChI=1S/C11H7NO2S/c1-7-4-2-3-5-8(7)6-9-10(13)12-11(14)15-9/h1-6H,(H,12,13,14)/b9-6+.